The Morgan fingerprint density at radius 3 is 2.61 bits per heavy atom. The van der Waals surface area contributed by atoms with Gasteiger partial charge < -0.3 is 5.32 Å². The molecule has 0 bridgehead atoms. The maximum Gasteiger partial charge on any atom is 0.0701 e. The summed E-state index contributed by atoms with van der Waals surface area (Å²) in [6.45, 7) is 2.13. The molecule has 96 valence electrons. The largest absolute Gasteiger partial charge is 0.313 e. The number of hydrogen-bond donors (Lipinski definition) is 1. The molecular weight excluding hydrogens is 374 g/mol. The van der Waals surface area contributed by atoms with Crippen molar-refractivity contribution >= 4 is 43.2 Å². The Bertz CT molecular complexity index is 536. The molecule has 0 aliphatic heterocycles. The van der Waals surface area contributed by atoms with Crippen LogP contribution in [0.25, 0.3) is 0 Å². The monoisotopic (exact) mass is 387 g/mol. The maximum atomic E-state index is 3.69. The summed E-state index contributed by atoms with van der Waals surface area (Å²) in [4.78, 5) is 1.38. The first kappa shape index (κ1) is 14.3. The first-order chi connectivity index (χ1) is 8.61. The number of hydrogen-bond acceptors (Lipinski definition) is 2. The van der Waals surface area contributed by atoms with Crippen molar-refractivity contribution in [1.29, 1.82) is 0 Å². The van der Waals surface area contributed by atoms with Gasteiger partial charge >= 0.3 is 0 Å². The van der Waals surface area contributed by atoms with Crippen molar-refractivity contribution in [3.63, 3.8) is 0 Å². The first-order valence-corrected chi connectivity index (χ1v) is 8.18. The van der Waals surface area contributed by atoms with Gasteiger partial charge in [0, 0.05) is 21.8 Å². The van der Waals surface area contributed by atoms with Gasteiger partial charge in [-0.05, 0) is 53.2 Å². The zero-order valence-corrected chi connectivity index (χ0v) is 14.3. The fraction of sp³-hybridized carbons (Fsp3) is 0.286. The highest BCUT2D eigenvalue weighted by molar-refractivity contribution is 9.11. The Morgan fingerprint density at radius 2 is 2.00 bits per heavy atom. The molecule has 1 aromatic heterocycles. The van der Waals surface area contributed by atoms with Crippen molar-refractivity contribution < 1.29 is 0 Å². The predicted octanol–water partition coefficient (Wildman–Crippen LogP) is 5.08. The fourth-order valence-electron chi connectivity index (χ4n) is 1.97. The fourth-order valence-corrected chi connectivity index (χ4v) is 4.04. The van der Waals surface area contributed by atoms with Crippen molar-refractivity contribution in [2.45, 2.75) is 19.4 Å². The second kappa shape index (κ2) is 6.33. The molecule has 0 spiro atoms. The molecule has 1 atom stereocenters. The summed E-state index contributed by atoms with van der Waals surface area (Å²) in [5.41, 5.74) is 2.60. The van der Waals surface area contributed by atoms with Crippen LogP contribution in [0.5, 0.6) is 0 Å². The second-order valence-electron chi connectivity index (χ2n) is 4.23. The van der Waals surface area contributed by atoms with Gasteiger partial charge in [-0.1, -0.05) is 34.1 Å². The van der Waals surface area contributed by atoms with Crippen molar-refractivity contribution in [1.82, 2.24) is 5.32 Å². The zero-order chi connectivity index (χ0) is 13.1. The molecule has 18 heavy (non-hydrogen) atoms. The van der Waals surface area contributed by atoms with Crippen LogP contribution in [-0.2, 0) is 6.42 Å². The van der Waals surface area contributed by atoms with E-state index in [-0.39, 0.29) is 0 Å². The van der Waals surface area contributed by atoms with Gasteiger partial charge in [0.05, 0.1) is 3.79 Å². The minimum atomic E-state index is 0.338. The average molecular weight is 389 g/mol. The number of halogens is 2. The topological polar surface area (TPSA) is 12.0 Å². The van der Waals surface area contributed by atoms with Crippen molar-refractivity contribution in [3.8, 4) is 0 Å². The van der Waals surface area contributed by atoms with Crippen LogP contribution in [0.4, 0.5) is 0 Å². The van der Waals surface area contributed by atoms with Gasteiger partial charge in [-0.25, -0.2) is 0 Å². The second-order valence-corrected chi connectivity index (χ2v) is 7.57. The Hall–Kier alpha value is -0.160. The molecular formula is C14H15Br2NS. The van der Waals surface area contributed by atoms with E-state index in [1.807, 2.05) is 7.05 Å². The van der Waals surface area contributed by atoms with E-state index in [2.05, 4.69) is 74.4 Å². The molecule has 0 saturated heterocycles. The summed E-state index contributed by atoms with van der Waals surface area (Å²) in [5.74, 6) is 0. The Balaban J connectivity index is 2.25. The van der Waals surface area contributed by atoms with Crippen molar-refractivity contribution in [2.75, 3.05) is 7.05 Å². The van der Waals surface area contributed by atoms with E-state index in [4.69, 9.17) is 0 Å². The molecule has 0 aliphatic rings. The Labute approximate surface area is 129 Å². The van der Waals surface area contributed by atoms with E-state index < -0.39 is 0 Å². The summed E-state index contributed by atoms with van der Waals surface area (Å²) in [7, 11) is 2.02. The molecule has 1 aromatic carbocycles. The molecule has 0 saturated carbocycles. The van der Waals surface area contributed by atoms with Gasteiger partial charge in [0.15, 0.2) is 0 Å². The number of likely N-dealkylation sites (N-methyl/N-ethyl adjacent to an activating group) is 1. The molecule has 1 unspecified atom stereocenters. The van der Waals surface area contributed by atoms with Gasteiger partial charge in [0.25, 0.3) is 0 Å². The number of rotatable bonds is 4. The number of aryl methyl sites for hydroxylation is 1. The third-order valence-electron chi connectivity index (χ3n) is 2.98. The van der Waals surface area contributed by atoms with E-state index in [1.165, 1.54) is 24.3 Å². The summed E-state index contributed by atoms with van der Waals surface area (Å²) in [6.07, 6.45) is 1.01. The highest BCUT2D eigenvalue weighted by Gasteiger charge is 2.15. The van der Waals surface area contributed by atoms with Crippen molar-refractivity contribution in [2.24, 2.45) is 0 Å². The van der Waals surface area contributed by atoms with Crippen LogP contribution >= 0.6 is 43.2 Å². The van der Waals surface area contributed by atoms with Crippen molar-refractivity contribution in [3.05, 3.63) is 54.6 Å². The maximum absolute atomic E-state index is 3.69. The molecule has 1 N–H and O–H groups in total. The summed E-state index contributed by atoms with van der Waals surface area (Å²) in [6, 6.07) is 11.1. The SMILES string of the molecule is CNC(Cc1ccc(Br)s1)c1cccc(C)c1Br. The van der Waals surface area contributed by atoms with Crippen LogP contribution in [0.2, 0.25) is 0 Å². The molecule has 0 radical (unpaired) electrons. The highest BCUT2D eigenvalue weighted by Crippen LogP contribution is 2.31. The molecule has 4 heteroatoms. The Kier molecular flexibility index (Phi) is 5.01. The van der Waals surface area contributed by atoms with Gasteiger partial charge in [-0.3, -0.25) is 0 Å². The van der Waals surface area contributed by atoms with Gasteiger partial charge in [0.1, 0.15) is 0 Å². The summed E-state index contributed by atoms with van der Waals surface area (Å²) in [5, 5.41) is 3.41. The average Bonchev–Trinajstić information content (AvgIpc) is 2.76. The molecule has 1 heterocycles. The van der Waals surface area contributed by atoms with Gasteiger partial charge in [0.2, 0.25) is 0 Å². The minimum absolute atomic E-state index is 0.338. The van der Waals surface area contributed by atoms with E-state index in [1.54, 1.807) is 11.3 Å². The third kappa shape index (κ3) is 3.23. The quantitative estimate of drug-likeness (QED) is 0.769. The first-order valence-electron chi connectivity index (χ1n) is 5.78. The van der Waals surface area contributed by atoms with Crippen LogP contribution in [-0.4, -0.2) is 7.05 Å². The molecule has 1 nitrogen and oxygen atoms in total. The molecule has 0 aliphatic carbocycles. The van der Waals surface area contributed by atoms with Crippen LogP contribution in [0.3, 0.4) is 0 Å². The lowest BCUT2D eigenvalue weighted by atomic mass is 10.0. The summed E-state index contributed by atoms with van der Waals surface area (Å²) < 4.78 is 2.40. The normalized spacial score (nSPS) is 12.7. The smallest absolute Gasteiger partial charge is 0.0701 e. The molecule has 0 amide bonds. The van der Waals surface area contributed by atoms with E-state index in [0.717, 1.165) is 6.42 Å². The third-order valence-corrected chi connectivity index (χ3v) is 5.71. The van der Waals surface area contributed by atoms with Crippen LogP contribution in [0, 0.1) is 6.92 Å². The van der Waals surface area contributed by atoms with Crippen LogP contribution in [0.1, 0.15) is 22.0 Å². The molecule has 0 fully saturated rings. The standard InChI is InChI=1S/C14H15Br2NS/c1-9-4-3-5-11(14(9)16)12(17-2)8-10-6-7-13(15)18-10/h3-7,12,17H,8H2,1-2H3. The lowest BCUT2D eigenvalue weighted by Gasteiger charge is -2.18. The lowest BCUT2D eigenvalue weighted by Crippen LogP contribution is -2.19. The van der Waals surface area contributed by atoms with E-state index in [0.29, 0.717) is 6.04 Å². The molecule has 2 rings (SSSR count). The van der Waals surface area contributed by atoms with Crippen LogP contribution in [0.15, 0.2) is 38.6 Å². The number of benzene rings is 1. The number of nitrogens with one attached hydrogen (secondary N) is 1. The van der Waals surface area contributed by atoms with Gasteiger partial charge in [-0.2, -0.15) is 0 Å². The minimum Gasteiger partial charge on any atom is -0.313 e. The van der Waals surface area contributed by atoms with E-state index >= 15 is 0 Å². The number of thiophene rings is 1. The highest BCUT2D eigenvalue weighted by atomic mass is 79.9. The zero-order valence-electron chi connectivity index (χ0n) is 10.3. The molecule has 2 aromatic rings. The van der Waals surface area contributed by atoms with E-state index in [9.17, 15) is 0 Å². The lowest BCUT2D eigenvalue weighted by molar-refractivity contribution is 0.594. The Morgan fingerprint density at radius 1 is 1.22 bits per heavy atom. The summed E-state index contributed by atoms with van der Waals surface area (Å²) >= 11 is 9.01. The predicted molar refractivity (Wildman–Crippen MR) is 86.4 cm³/mol. The van der Waals surface area contributed by atoms with Gasteiger partial charge in [-0.15, -0.1) is 11.3 Å². The van der Waals surface area contributed by atoms with Crippen LogP contribution < -0.4 is 5.32 Å².